The normalized spacial score (nSPS) is 10.8. The zero-order valence-corrected chi connectivity index (χ0v) is 11.2. The molecular weight excluding hydrogens is 260 g/mol. The number of methoxy groups -OCH3 is 1. The molecule has 0 saturated carbocycles. The van der Waals surface area contributed by atoms with Gasteiger partial charge in [0.05, 0.1) is 24.4 Å². The molecule has 0 aliphatic heterocycles. The lowest BCUT2D eigenvalue weighted by molar-refractivity contribution is 0.0600. The van der Waals surface area contributed by atoms with Crippen LogP contribution in [-0.2, 0) is 11.2 Å². The minimum Gasteiger partial charge on any atom is -0.465 e. The fraction of sp³-hybridized carbons (Fsp3) is 0.143. The molecule has 5 heteroatoms. The Hall–Kier alpha value is -2.14. The maximum atomic E-state index is 11.5. The van der Waals surface area contributed by atoms with E-state index in [0.29, 0.717) is 5.56 Å². The number of hydrogen-bond donors (Lipinski definition) is 0. The number of ether oxygens (including phenoxy) is 1. The molecule has 3 aromatic heterocycles. The number of fused-ring (bicyclic) bond motifs is 1. The first-order valence-corrected chi connectivity index (χ1v) is 6.72. The summed E-state index contributed by atoms with van der Waals surface area (Å²) in [5.41, 5.74) is 1.44. The highest BCUT2D eigenvalue weighted by Gasteiger charge is 2.09. The van der Waals surface area contributed by atoms with E-state index >= 15 is 0 Å². The first-order chi connectivity index (χ1) is 9.28. The molecule has 0 atom stereocenters. The maximum absolute atomic E-state index is 11.5. The molecule has 3 heterocycles. The first-order valence-electron chi connectivity index (χ1n) is 5.84. The molecule has 3 aromatic rings. The van der Waals surface area contributed by atoms with Crippen LogP contribution in [0.5, 0.6) is 0 Å². The molecule has 0 unspecified atom stereocenters. The average molecular weight is 272 g/mol. The molecule has 0 N–H and O–H groups in total. The minimum absolute atomic E-state index is 0.330. The Morgan fingerprint density at radius 3 is 3.11 bits per heavy atom. The van der Waals surface area contributed by atoms with Gasteiger partial charge >= 0.3 is 5.97 Å². The van der Waals surface area contributed by atoms with Crippen LogP contribution < -0.4 is 0 Å². The van der Waals surface area contributed by atoms with Crippen LogP contribution in [0.3, 0.4) is 0 Å². The Labute approximate surface area is 114 Å². The van der Waals surface area contributed by atoms with Crippen molar-refractivity contribution in [3.05, 3.63) is 58.3 Å². The smallest absolute Gasteiger partial charge is 0.337 e. The van der Waals surface area contributed by atoms with Gasteiger partial charge in [0.1, 0.15) is 5.82 Å². The number of carbonyl (C=O) groups excluding carboxylic acids is 1. The average Bonchev–Trinajstić information content (AvgIpc) is 3.08. The van der Waals surface area contributed by atoms with E-state index in [0.717, 1.165) is 17.8 Å². The molecule has 0 spiro atoms. The number of rotatable bonds is 3. The minimum atomic E-state index is -0.330. The number of thiophene rings is 1. The summed E-state index contributed by atoms with van der Waals surface area (Å²) >= 11 is 1.71. The summed E-state index contributed by atoms with van der Waals surface area (Å²) in [5, 5.41) is 2.06. The number of nitrogens with zero attached hydrogens (tertiary/aromatic N) is 2. The molecule has 19 heavy (non-hydrogen) atoms. The van der Waals surface area contributed by atoms with E-state index in [2.05, 4.69) is 16.4 Å². The zero-order valence-electron chi connectivity index (χ0n) is 10.4. The van der Waals surface area contributed by atoms with Crippen molar-refractivity contribution in [1.82, 2.24) is 9.38 Å². The number of pyridine rings is 1. The van der Waals surface area contributed by atoms with Crippen molar-refractivity contribution in [2.45, 2.75) is 6.42 Å². The number of esters is 1. The molecule has 3 rings (SSSR count). The molecule has 0 aliphatic carbocycles. The van der Waals surface area contributed by atoms with Crippen molar-refractivity contribution in [3.63, 3.8) is 0 Å². The summed E-state index contributed by atoms with van der Waals surface area (Å²) in [7, 11) is 1.38. The Bertz CT molecular complexity index is 716. The molecule has 0 aliphatic rings. The number of aromatic nitrogens is 2. The topological polar surface area (TPSA) is 43.6 Å². The van der Waals surface area contributed by atoms with Crippen LogP contribution >= 0.6 is 11.3 Å². The van der Waals surface area contributed by atoms with Gasteiger partial charge in [0.2, 0.25) is 0 Å². The molecule has 0 amide bonds. The number of imidazole rings is 1. The molecule has 0 aromatic carbocycles. The van der Waals surface area contributed by atoms with Gasteiger partial charge in [0.15, 0.2) is 0 Å². The molecule has 4 nitrogen and oxygen atoms in total. The highest BCUT2D eigenvalue weighted by atomic mass is 32.1. The summed E-state index contributed by atoms with van der Waals surface area (Å²) in [6, 6.07) is 7.66. The lowest BCUT2D eigenvalue weighted by atomic mass is 10.2. The molecular formula is C14H12N2O2S. The van der Waals surface area contributed by atoms with E-state index in [4.69, 9.17) is 4.74 Å². The molecule has 0 fully saturated rings. The van der Waals surface area contributed by atoms with Gasteiger partial charge in [-0.15, -0.1) is 11.3 Å². The summed E-state index contributed by atoms with van der Waals surface area (Å²) in [6.45, 7) is 0. The van der Waals surface area contributed by atoms with Crippen molar-refractivity contribution in [2.75, 3.05) is 7.11 Å². The van der Waals surface area contributed by atoms with Gasteiger partial charge in [-0.2, -0.15) is 0 Å². The highest BCUT2D eigenvalue weighted by molar-refractivity contribution is 7.09. The third kappa shape index (κ3) is 2.24. The zero-order chi connectivity index (χ0) is 13.2. The largest absolute Gasteiger partial charge is 0.465 e. The van der Waals surface area contributed by atoms with E-state index in [1.54, 1.807) is 29.7 Å². The van der Waals surface area contributed by atoms with E-state index in [9.17, 15) is 4.79 Å². The Morgan fingerprint density at radius 2 is 2.37 bits per heavy atom. The SMILES string of the molecule is COC(=O)c1ccn2c(Cc3cccs3)ncc2c1. The lowest BCUT2D eigenvalue weighted by Crippen LogP contribution is -2.02. The van der Waals surface area contributed by atoms with Gasteiger partial charge in [-0.1, -0.05) is 6.07 Å². The van der Waals surface area contributed by atoms with Crippen LogP contribution in [0.4, 0.5) is 0 Å². The molecule has 0 radical (unpaired) electrons. The quantitative estimate of drug-likeness (QED) is 0.689. The van der Waals surface area contributed by atoms with Gasteiger partial charge in [0.25, 0.3) is 0 Å². The summed E-state index contributed by atoms with van der Waals surface area (Å²) in [6.07, 6.45) is 4.43. The van der Waals surface area contributed by atoms with Crippen LogP contribution in [0.15, 0.2) is 42.0 Å². The predicted molar refractivity (Wildman–Crippen MR) is 73.7 cm³/mol. The van der Waals surface area contributed by atoms with Crippen LogP contribution in [0.2, 0.25) is 0 Å². The summed E-state index contributed by atoms with van der Waals surface area (Å²) < 4.78 is 6.70. The van der Waals surface area contributed by atoms with Gasteiger partial charge in [-0.3, -0.25) is 0 Å². The van der Waals surface area contributed by atoms with Crippen molar-refractivity contribution in [2.24, 2.45) is 0 Å². The molecule has 96 valence electrons. The van der Waals surface area contributed by atoms with Gasteiger partial charge in [-0.05, 0) is 23.6 Å². The third-order valence-corrected chi connectivity index (χ3v) is 3.82. The molecule has 0 bridgehead atoms. The van der Waals surface area contributed by atoms with Crippen LogP contribution in [0.1, 0.15) is 21.1 Å². The fourth-order valence-corrected chi connectivity index (χ4v) is 2.70. The van der Waals surface area contributed by atoms with E-state index in [1.807, 2.05) is 16.7 Å². The third-order valence-electron chi connectivity index (χ3n) is 2.94. The highest BCUT2D eigenvalue weighted by Crippen LogP contribution is 2.16. The summed E-state index contributed by atoms with van der Waals surface area (Å²) in [4.78, 5) is 17.2. The van der Waals surface area contributed by atoms with Crippen LogP contribution in [0.25, 0.3) is 5.52 Å². The second-order valence-corrected chi connectivity index (χ2v) is 5.16. The van der Waals surface area contributed by atoms with Crippen molar-refractivity contribution >= 4 is 22.8 Å². The lowest BCUT2D eigenvalue weighted by Gasteiger charge is -2.02. The Morgan fingerprint density at radius 1 is 1.47 bits per heavy atom. The van der Waals surface area contributed by atoms with E-state index in [-0.39, 0.29) is 5.97 Å². The number of hydrogen-bond acceptors (Lipinski definition) is 4. The van der Waals surface area contributed by atoms with Crippen molar-refractivity contribution < 1.29 is 9.53 Å². The molecule has 0 saturated heterocycles. The standard InChI is InChI=1S/C14H12N2O2S/c1-18-14(17)10-4-5-16-11(7-10)9-15-13(16)8-12-3-2-6-19-12/h2-7,9H,8H2,1H3. The van der Waals surface area contributed by atoms with Gasteiger partial charge in [-0.25, -0.2) is 9.78 Å². The van der Waals surface area contributed by atoms with Crippen LogP contribution in [0, 0.1) is 0 Å². The van der Waals surface area contributed by atoms with Gasteiger partial charge in [0, 0.05) is 17.5 Å². The van der Waals surface area contributed by atoms with E-state index in [1.165, 1.54) is 12.0 Å². The first kappa shape index (κ1) is 11.9. The summed E-state index contributed by atoms with van der Waals surface area (Å²) in [5.74, 6) is 0.636. The van der Waals surface area contributed by atoms with Gasteiger partial charge < -0.3 is 9.14 Å². The van der Waals surface area contributed by atoms with Crippen molar-refractivity contribution in [3.8, 4) is 0 Å². The second kappa shape index (κ2) is 4.85. The second-order valence-electron chi connectivity index (χ2n) is 4.13. The van der Waals surface area contributed by atoms with Crippen LogP contribution in [-0.4, -0.2) is 22.5 Å². The monoisotopic (exact) mass is 272 g/mol. The number of carbonyl (C=O) groups is 1. The van der Waals surface area contributed by atoms with E-state index < -0.39 is 0 Å². The Kier molecular flexibility index (Phi) is 3.05. The van der Waals surface area contributed by atoms with Crippen molar-refractivity contribution in [1.29, 1.82) is 0 Å². The Balaban J connectivity index is 1.98. The maximum Gasteiger partial charge on any atom is 0.337 e. The predicted octanol–water partition coefficient (Wildman–Crippen LogP) is 2.77. The fourth-order valence-electron chi connectivity index (χ4n) is 2.00.